The lowest BCUT2D eigenvalue weighted by molar-refractivity contribution is -0.128. The Hall–Kier alpha value is -0.133. The van der Waals surface area contributed by atoms with Gasteiger partial charge in [-0.3, -0.25) is 4.79 Å². The fourth-order valence-electron chi connectivity index (χ4n) is 1.68. The van der Waals surface area contributed by atoms with Crippen molar-refractivity contribution in [1.82, 2.24) is 0 Å². The summed E-state index contributed by atoms with van der Waals surface area (Å²) in [4.78, 5) is 11.8. The van der Waals surface area contributed by atoms with Gasteiger partial charge in [-0.25, -0.2) is 0 Å². The summed E-state index contributed by atoms with van der Waals surface area (Å²) in [6.07, 6.45) is 0.169. The Bertz CT molecular complexity index is 337. The Morgan fingerprint density at radius 1 is 1.19 bits per heavy atom. The molecule has 0 aliphatic heterocycles. The number of hydrogen-bond acceptors (Lipinski definition) is 5. The van der Waals surface area contributed by atoms with Gasteiger partial charge in [0.05, 0.1) is 6.10 Å². The molecule has 0 spiro atoms. The number of carbonyl (C=O) groups excluding carboxylic acids is 1. The van der Waals surface area contributed by atoms with Crippen molar-refractivity contribution in [2.75, 3.05) is 20.4 Å². The topological polar surface area (TPSA) is 61.8 Å². The van der Waals surface area contributed by atoms with Crippen LogP contribution >= 0.6 is 8.46 Å². The van der Waals surface area contributed by atoms with E-state index in [0.717, 1.165) is 0 Å². The molecule has 0 saturated heterocycles. The van der Waals surface area contributed by atoms with Crippen LogP contribution in [0.1, 0.15) is 33.6 Å². The van der Waals surface area contributed by atoms with Crippen LogP contribution in [-0.2, 0) is 23.3 Å². The quantitative estimate of drug-likeness (QED) is 0.347. The van der Waals surface area contributed by atoms with Crippen molar-refractivity contribution >= 4 is 22.6 Å². The lowest BCUT2D eigenvalue weighted by atomic mass is 10.1. The Kier molecular flexibility index (Phi) is 9.05. The first-order chi connectivity index (χ1) is 9.57. The molecule has 0 radical (unpaired) electrons. The maximum Gasteiger partial charge on any atom is 0.332 e. The third-order valence-electron chi connectivity index (χ3n) is 3.97. The highest BCUT2D eigenvalue weighted by Gasteiger charge is 2.40. The molecule has 0 fully saturated rings. The molecule has 2 atom stereocenters. The molecule has 0 aliphatic carbocycles. The molecule has 21 heavy (non-hydrogen) atoms. The van der Waals surface area contributed by atoms with Gasteiger partial charge in [-0.15, -0.1) is 0 Å². The number of carbonyl (C=O) groups is 1. The molecule has 0 bridgehead atoms. The van der Waals surface area contributed by atoms with Crippen LogP contribution < -0.4 is 0 Å². The first kappa shape index (κ1) is 20.9. The maximum atomic E-state index is 11.8. The van der Waals surface area contributed by atoms with E-state index in [1.807, 2.05) is 0 Å². The average molecular weight is 337 g/mol. The van der Waals surface area contributed by atoms with Gasteiger partial charge >= 0.3 is 8.46 Å². The van der Waals surface area contributed by atoms with Crippen molar-refractivity contribution in [1.29, 1.82) is 0 Å². The predicted octanol–water partition coefficient (Wildman–Crippen LogP) is 3.37. The standard InChI is InChI=1S/C14H29O5PSi/c1-14(2,3)21(6,7)19-12(8-11(15)10-20-16)9-13(17-4)18-5/h12-13H,8-10H2,1-7H3/p+1/t12-/m0/s1. The summed E-state index contributed by atoms with van der Waals surface area (Å²) in [5.74, 6) is -0.0435. The number of methoxy groups -OCH3 is 2. The molecule has 0 rings (SSSR count). The van der Waals surface area contributed by atoms with Crippen molar-refractivity contribution in [2.45, 2.75) is 64.1 Å². The fourth-order valence-corrected chi connectivity index (χ4v) is 3.35. The Balaban J connectivity index is 4.95. The van der Waals surface area contributed by atoms with E-state index in [1.54, 1.807) is 14.2 Å². The molecule has 5 nitrogen and oxygen atoms in total. The van der Waals surface area contributed by atoms with E-state index < -0.39 is 23.1 Å². The molecule has 0 aromatic carbocycles. The van der Waals surface area contributed by atoms with Gasteiger partial charge in [-0.05, 0) is 18.1 Å². The van der Waals surface area contributed by atoms with E-state index in [0.29, 0.717) is 6.42 Å². The molecule has 0 aromatic rings. The SMILES string of the molecule is COC(C[C@H](CC(=O)C[PH+]=O)O[Si](C)(C)C(C)(C)C)OC. The van der Waals surface area contributed by atoms with Gasteiger partial charge in [-0.1, -0.05) is 25.3 Å². The number of Topliss-reactive ketones (excluding diaryl/α,β-unsaturated/α-hetero) is 1. The smallest absolute Gasteiger partial charge is 0.332 e. The lowest BCUT2D eigenvalue weighted by Gasteiger charge is -2.39. The molecule has 0 amide bonds. The number of rotatable bonds is 10. The van der Waals surface area contributed by atoms with E-state index in [4.69, 9.17) is 13.9 Å². The van der Waals surface area contributed by atoms with Crippen LogP contribution in [0.15, 0.2) is 0 Å². The van der Waals surface area contributed by atoms with Crippen LogP contribution in [-0.4, -0.2) is 46.9 Å². The van der Waals surface area contributed by atoms with Gasteiger partial charge in [0.2, 0.25) is 6.16 Å². The molecule has 7 heteroatoms. The Morgan fingerprint density at radius 2 is 1.71 bits per heavy atom. The summed E-state index contributed by atoms with van der Waals surface area (Å²) in [5.41, 5.74) is 0. The zero-order valence-corrected chi connectivity index (χ0v) is 16.3. The molecule has 124 valence electrons. The average Bonchev–Trinajstić information content (AvgIpc) is 2.34. The molecule has 0 heterocycles. The highest BCUT2D eigenvalue weighted by molar-refractivity contribution is 7.25. The minimum atomic E-state index is -1.99. The zero-order valence-electron chi connectivity index (χ0n) is 14.3. The number of ether oxygens (including phenoxy) is 2. The normalized spacial score (nSPS) is 14.7. The summed E-state index contributed by atoms with van der Waals surface area (Å²) in [7, 11) is 0.551. The van der Waals surface area contributed by atoms with Gasteiger partial charge in [0.15, 0.2) is 20.4 Å². The predicted molar refractivity (Wildman–Crippen MR) is 88.0 cm³/mol. The summed E-state index contributed by atoms with van der Waals surface area (Å²) in [6.45, 7) is 10.8. The van der Waals surface area contributed by atoms with Crippen LogP contribution in [0.5, 0.6) is 0 Å². The van der Waals surface area contributed by atoms with Gasteiger partial charge in [-0.2, -0.15) is 0 Å². The van der Waals surface area contributed by atoms with Crippen molar-refractivity contribution in [3.8, 4) is 0 Å². The van der Waals surface area contributed by atoms with Gasteiger partial charge < -0.3 is 13.9 Å². The summed E-state index contributed by atoms with van der Waals surface area (Å²) < 4.78 is 27.4. The minimum absolute atomic E-state index is 0.0435. The number of hydrogen-bond donors (Lipinski definition) is 0. The fraction of sp³-hybridized carbons (Fsp3) is 0.929. The van der Waals surface area contributed by atoms with Crippen molar-refractivity contribution in [2.24, 2.45) is 0 Å². The Labute approximate surface area is 131 Å². The third-order valence-corrected chi connectivity index (χ3v) is 9.05. The highest BCUT2D eigenvalue weighted by Crippen LogP contribution is 2.38. The molecule has 0 N–H and O–H groups in total. The van der Waals surface area contributed by atoms with Gasteiger partial charge in [0.1, 0.15) is 0 Å². The minimum Gasteiger partial charge on any atom is -0.413 e. The van der Waals surface area contributed by atoms with Crippen LogP contribution in [0.3, 0.4) is 0 Å². The van der Waals surface area contributed by atoms with Crippen LogP contribution in [0.4, 0.5) is 0 Å². The van der Waals surface area contributed by atoms with E-state index in [9.17, 15) is 9.36 Å². The summed E-state index contributed by atoms with van der Waals surface area (Å²) in [5, 5.41) is 0.0597. The van der Waals surface area contributed by atoms with Gasteiger partial charge in [0.25, 0.3) is 0 Å². The molecule has 0 aliphatic rings. The molecule has 0 saturated carbocycles. The van der Waals surface area contributed by atoms with Crippen molar-refractivity contribution < 1.29 is 23.3 Å². The molecular formula is C14H30O5PSi+. The first-order valence-electron chi connectivity index (χ1n) is 7.17. The van der Waals surface area contributed by atoms with Crippen LogP contribution in [0.25, 0.3) is 0 Å². The summed E-state index contributed by atoms with van der Waals surface area (Å²) in [6, 6.07) is 0. The monoisotopic (exact) mass is 337 g/mol. The van der Waals surface area contributed by atoms with E-state index in [2.05, 4.69) is 33.9 Å². The molecule has 1 unspecified atom stereocenters. The third kappa shape index (κ3) is 7.61. The maximum absolute atomic E-state index is 11.8. The summed E-state index contributed by atoms with van der Waals surface area (Å²) >= 11 is 0. The molecular weight excluding hydrogens is 307 g/mol. The van der Waals surface area contributed by atoms with Crippen LogP contribution in [0, 0.1) is 0 Å². The van der Waals surface area contributed by atoms with Crippen molar-refractivity contribution in [3.05, 3.63) is 0 Å². The second-order valence-corrected chi connectivity index (χ2v) is 12.1. The zero-order chi connectivity index (χ0) is 16.7. The van der Waals surface area contributed by atoms with E-state index in [-0.39, 0.29) is 29.5 Å². The first-order valence-corrected chi connectivity index (χ1v) is 11.2. The second-order valence-electron chi connectivity index (χ2n) is 6.70. The lowest BCUT2D eigenvalue weighted by Crippen LogP contribution is -2.45. The highest BCUT2D eigenvalue weighted by atomic mass is 31.1. The Morgan fingerprint density at radius 3 is 2.10 bits per heavy atom. The van der Waals surface area contributed by atoms with E-state index >= 15 is 0 Å². The largest absolute Gasteiger partial charge is 0.413 e. The van der Waals surface area contributed by atoms with Crippen molar-refractivity contribution in [3.63, 3.8) is 0 Å². The van der Waals surface area contributed by atoms with Crippen LogP contribution in [0.2, 0.25) is 18.1 Å². The van der Waals surface area contributed by atoms with Gasteiger partial charge in [0, 0.05) is 27.1 Å². The number of ketones is 1. The van der Waals surface area contributed by atoms with E-state index in [1.165, 1.54) is 0 Å². The second kappa shape index (κ2) is 9.11. The molecule has 0 aromatic heterocycles.